The summed E-state index contributed by atoms with van der Waals surface area (Å²) in [5.74, 6) is 0.911. The maximum atomic E-state index is 2.67. The average Bonchev–Trinajstić information content (AvgIpc) is 4.21. The quantitative estimate of drug-likeness (QED) is 0.159. The van der Waals surface area contributed by atoms with Gasteiger partial charge in [0.1, 0.15) is 0 Å². The van der Waals surface area contributed by atoms with Crippen molar-refractivity contribution in [1.82, 2.24) is 17.9 Å². The fraction of sp³-hybridized carbons (Fsp3) is 0.156. The SMILES string of the molecule is CC(C)C(C)n1c2ccccc2c2ccc3c(c4cccc5c6c(-c7ccccc7)c7c(c(-c8ccccc8)c6n3c54)c3cccc4c5c6c(ccc5n7c34)c3ccccc3n6C(C)C(C)C)c21. The highest BCUT2D eigenvalue weighted by atomic mass is 15.0. The molecule has 15 rings (SSSR count). The molecule has 0 aliphatic carbocycles. The third-order valence-electron chi connectivity index (χ3n) is 16.5. The van der Waals surface area contributed by atoms with E-state index in [-0.39, 0.29) is 0 Å². The van der Waals surface area contributed by atoms with E-state index in [1.165, 1.54) is 142 Å². The minimum atomic E-state index is 0.300. The Kier molecular flexibility index (Phi) is 7.56. The molecule has 6 heterocycles. The van der Waals surface area contributed by atoms with Gasteiger partial charge in [-0.05, 0) is 61.1 Å². The van der Waals surface area contributed by atoms with E-state index < -0.39 is 0 Å². The summed E-state index contributed by atoms with van der Waals surface area (Å²) in [4.78, 5) is 0. The predicted molar refractivity (Wildman–Crippen MR) is 292 cm³/mol. The average molecular weight is 875 g/mol. The Morgan fingerprint density at radius 2 is 0.618 bits per heavy atom. The lowest BCUT2D eigenvalue weighted by Crippen LogP contribution is -2.11. The number of hydrogen-bond donors (Lipinski definition) is 0. The van der Waals surface area contributed by atoms with E-state index in [1.54, 1.807) is 0 Å². The predicted octanol–water partition coefficient (Wildman–Crippen LogP) is 18.0. The summed E-state index contributed by atoms with van der Waals surface area (Å²) in [5, 5.41) is 15.8. The Balaban J connectivity index is 1.23. The molecule has 6 aromatic heterocycles. The van der Waals surface area contributed by atoms with Gasteiger partial charge in [-0.3, -0.25) is 0 Å². The number of aromatic nitrogens is 4. The van der Waals surface area contributed by atoms with Crippen LogP contribution in [0.3, 0.4) is 0 Å². The Hall–Kier alpha value is -7.82. The molecule has 0 N–H and O–H groups in total. The number of fused-ring (bicyclic) bond motifs is 20. The molecule has 0 aliphatic heterocycles. The van der Waals surface area contributed by atoms with E-state index in [0.717, 1.165) is 0 Å². The van der Waals surface area contributed by atoms with Crippen LogP contribution in [0.1, 0.15) is 53.6 Å². The van der Waals surface area contributed by atoms with Gasteiger partial charge >= 0.3 is 0 Å². The Morgan fingerprint density at radius 3 is 1.01 bits per heavy atom. The van der Waals surface area contributed by atoms with E-state index in [4.69, 9.17) is 0 Å². The zero-order valence-electron chi connectivity index (χ0n) is 39.3. The zero-order chi connectivity index (χ0) is 45.4. The van der Waals surface area contributed by atoms with Gasteiger partial charge in [0.05, 0.1) is 44.1 Å². The summed E-state index contributed by atoms with van der Waals surface area (Å²) < 4.78 is 10.7. The second-order valence-electron chi connectivity index (χ2n) is 20.5. The molecule has 68 heavy (non-hydrogen) atoms. The molecule has 2 atom stereocenters. The molecular weight excluding hydrogens is 825 g/mol. The first kappa shape index (κ1) is 38.3. The standard InChI is InChI=1S/C64H50N4/c1-35(2)37(5)65-49-29-15-13-23-41(49)43-31-33-51-55(61(43)65)45-25-17-27-47-57-54(40-21-11-8-12-22-40)64-58(53(39-19-9-7-10-20-39)63(57)67(51)59(45)47)48-28-18-26-46-56-52(68(64)60(46)48)34-32-44-42-24-14-16-30-50(42)66(62(44)56)38(6)36(3)4/h7-38H,1-6H3. The monoisotopic (exact) mass is 874 g/mol. The molecule has 0 saturated carbocycles. The fourth-order valence-electron chi connectivity index (χ4n) is 13.1. The maximum absolute atomic E-state index is 2.67. The topological polar surface area (TPSA) is 18.7 Å². The van der Waals surface area contributed by atoms with Crippen LogP contribution in [-0.4, -0.2) is 17.9 Å². The van der Waals surface area contributed by atoms with Crippen LogP contribution < -0.4 is 0 Å². The van der Waals surface area contributed by atoms with Gasteiger partial charge in [0.15, 0.2) is 0 Å². The van der Waals surface area contributed by atoms with Crippen molar-refractivity contribution in [2.45, 2.75) is 53.6 Å². The maximum Gasteiger partial charge on any atom is 0.0634 e. The van der Waals surface area contributed by atoms with Crippen molar-refractivity contribution in [2.75, 3.05) is 0 Å². The summed E-state index contributed by atoms with van der Waals surface area (Å²) in [6.07, 6.45) is 0. The first-order valence-electron chi connectivity index (χ1n) is 24.7. The molecule has 4 nitrogen and oxygen atoms in total. The molecule has 2 unspecified atom stereocenters. The smallest absolute Gasteiger partial charge is 0.0634 e. The van der Waals surface area contributed by atoms with Crippen molar-refractivity contribution < 1.29 is 0 Å². The van der Waals surface area contributed by atoms with Crippen LogP contribution in [0.15, 0.2) is 170 Å². The molecule has 9 aromatic carbocycles. The van der Waals surface area contributed by atoms with E-state index in [1.807, 2.05) is 0 Å². The first-order valence-corrected chi connectivity index (χ1v) is 24.7. The van der Waals surface area contributed by atoms with E-state index >= 15 is 0 Å². The van der Waals surface area contributed by atoms with Crippen LogP contribution in [0, 0.1) is 11.8 Å². The number of nitrogens with zero attached hydrogens (tertiary/aromatic N) is 4. The van der Waals surface area contributed by atoms with Gasteiger partial charge in [-0.15, -0.1) is 0 Å². The van der Waals surface area contributed by atoms with Crippen molar-refractivity contribution in [3.05, 3.63) is 170 Å². The van der Waals surface area contributed by atoms with Gasteiger partial charge in [0.25, 0.3) is 0 Å². The Labute approximate surface area is 393 Å². The molecule has 326 valence electrons. The van der Waals surface area contributed by atoms with Crippen molar-refractivity contribution in [3.63, 3.8) is 0 Å². The highest BCUT2D eigenvalue weighted by molar-refractivity contribution is 6.40. The van der Waals surface area contributed by atoms with Crippen LogP contribution in [-0.2, 0) is 0 Å². The summed E-state index contributed by atoms with van der Waals surface area (Å²) in [5.41, 5.74) is 18.0. The summed E-state index contributed by atoms with van der Waals surface area (Å²) in [7, 11) is 0. The number of benzene rings is 9. The normalized spacial score (nSPS) is 13.9. The van der Waals surface area contributed by atoms with E-state index in [2.05, 4.69) is 229 Å². The third kappa shape index (κ3) is 4.56. The van der Waals surface area contributed by atoms with Gasteiger partial charge in [-0.2, -0.15) is 0 Å². The second-order valence-corrected chi connectivity index (χ2v) is 20.5. The minimum absolute atomic E-state index is 0.300. The third-order valence-corrected chi connectivity index (χ3v) is 16.5. The fourth-order valence-corrected chi connectivity index (χ4v) is 13.1. The first-order chi connectivity index (χ1) is 33.3. The van der Waals surface area contributed by atoms with E-state index in [0.29, 0.717) is 23.9 Å². The van der Waals surface area contributed by atoms with Gasteiger partial charge in [0.2, 0.25) is 0 Å². The van der Waals surface area contributed by atoms with Gasteiger partial charge < -0.3 is 17.9 Å². The largest absolute Gasteiger partial charge is 0.337 e. The minimum Gasteiger partial charge on any atom is -0.337 e. The van der Waals surface area contributed by atoms with E-state index in [9.17, 15) is 0 Å². The number of para-hydroxylation sites is 4. The molecule has 0 saturated heterocycles. The zero-order valence-corrected chi connectivity index (χ0v) is 39.3. The highest BCUT2D eigenvalue weighted by Crippen LogP contribution is 2.55. The van der Waals surface area contributed by atoms with Crippen molar-refractivity contribution in [1.29, 1.82) is 0 Å². The van der Waals surface area contributed by atoms with Crippen molar-refractivity contribution >= 4 is 120 Å². The molecular formula is C64H50N4. The van der Waals surface area contributed by atoms with Crippen LogP contribution in [0.5, 0.6) is 0 Å². The summed E-state index contributed by atoms with van der Waals surface area (Å²) >= 11 is 0. The molecule has 0 bridgehead atoms. The molecule has 0 fully saturated rings. The van der Waals surface area contributed by atoms with Crippen molar-refractivity contribution in [2.24, 2.45) is 11.8 Å². The lowest BCUT2D eigenvalue weighted by atomic mass is 9.89. The molecule has 4 heteroatoms. The van der Waals surface area contributed by atoms with Crippen LogP contribution in [0.4, 0.5) is 0 Å². The molecule has 0 aliphatic rings. The van der Waals surface area contributed by atoms with Gasteiger partial charge in [-0.25, -0.2) is 0 Å². The van der Waals surface area contributed by atoms with Crippen LogP contribution >= 0.6 is 0 Å². The van der Waals surface area contributed by atoms with Gasteiger partial charge in [0, 0.05) is 98.9 Å². The van der Waals surface area contributed by atoms with Crippen molar-refractivity contribution in [3.8, 4) is 22.3 Å². The molecule has 0 radical (unpaired) electrons. The Bertz CT molecular complexity index is 4280. The summed E-state index contributed by atoms with van der Waals surface area (Å²) in [6, 6.07) is 65.1. The Morgan fingerprint density at radius 1 is 0.265 bits per heavy atom. The lowest BCUT2D eigenvalue weighted by Gasteiger charge is -2.21. The lowest BCUT2D eigenvalue weighted by molar-refractivity contribution is 0.428. The molecule has 0 spiro atoms. The highest BCUT2D eigenvalue weighted by Gasteiger charge is 2.33. The van der Waals surface area contributed by atoms with Crippen LogP contribution in [0.2, 0.25) is 0 Å². The summed E-state index contributed by atoms with van der Waals surface area (Å²) in [6.45, 7) is 14.2. The number of hydrogen-bond acceptors (Lipinski definition) is 0. The molecule has 0 amide bonds. The number of rotatable bonds is 6. The second kappa shape index (κ2) is 13.4. The van der Waals surface area contributed by atoms with Gasteiger partial charge in [-0.1, -0.05) is 173 Å². The molecule has 15 aromatic rings. The van der Waals surface area contributed by atoms with Crippen LogP contribution in [0.25, 0.3) is 142 Å².